The van der Waals surface area contributed by atoms with Crippen molar-refractivity contribution in [2.24, 2.45) is 0 Å². The van der Waals surface area contributed by atoms with Crippen molar-refractivity contribution in [2.75, 3.05) is 32.1 Å². The average molecular weight is 406 g/mol. The van der Waals surface area contributed by atoms with E-state index >= 15 is 0 Å². The van der Waals surface area contributed by atoms with Crippen molar-refractivity contribution < 1.29 is 9.84 Å². The first-order chi connectivity index (χ1) is 14.5. The number of anilines is 1. The third-order valence-electron chi connectivity index (χ3n) is 5.40. The molecule has 1 aromatic carbocycles. The molecular weight excluding hydrogens is 380 g/mol. The van der Waals surface area contributed by atoms with Gasteiger partial charge in [0.15, 0.2) is 0 Å². The van der Waals surface area contributed by atoms with Gasteiger partial charge in [0.05, 0.1) is 24.0 Å². The number of β-amino-alcohol motifs (C(OH)–C–C–N with tert-alkyl or cyclic N) is 1. The van der Waals surface area contributed by atoms with E-state index in [-0.39, 0.29) is 11.6 Å². The van der Waals surface area contributed by atoms with E-state index in [1.807, 2.05) is 61.5 Å². The molecule has 7 heteroatoms. The normalized spacial score (nSPS) is 18.7. The number of aliphatic hydroxyl groups is 1. The lowest BCUT2D eigenvalue weighted by molar-refractivity contribution is 0.114. The second kappa shape index (κ2) is 8.69. The van der Waals surface area contributed by atoms with Crippen molar-refractivity contribution in [2.45, 2.75) is 18.8 Å². The van der Waals surface area contributed by atoms with Crippen LogP contribution in [-0.4, -0.2) is 58.9 Å². The molecule has 30 heavy (non-hydrogen) atoms. The minimum absolute atomic E-state index is 0.0810. The number of ether oxygens (including phenoxy) is 1. The van der Waals surface area contributed by atoms with Crippen LogP contribution in [0.2, 0.25) is 0 Å². The van der Waals surface area contributed by atoms with Crippen LogP contribution in [0.15, 0.2) is 71.8 Å². The van der Waals surface area contributed by atoms with E-state index < -0.39 is 6.10 Å². The van der Waals surface area contributed by atoms with Gasteiger partial charge < -0.3 is 19.6 Å². The number of hydrogen-bond acceptors (Lipinski definition) is 6. The molecule has 1 saturated heterocycles. The molecule has 1 aliphatic heterocycles. The Kier molecular flexibility index (Phi) is 5.83. The van der Waals surface area contributed by atoms with Gasteiger partial charge in [0, 0.05) is 25.4 Å². The van der Waals surface area contributed by atoms with Crippen molar-refractivity contribution in [3.63, 3.8) is 0 Å². The van der Waals surface area contributed by atoms with E-state index in [0.29, 0.717) is 31.1 Å². The van der Waals surface area contributed by atoms with Crippen molar-refractivity contribution >= 4 is 5.82 Å². The monoisotopic (exact) mass is 406 g/mol. The van der Waals surface area contributed by atoms with E-state index in [0.717, 1.165) is 11.4 Å². The molecular formula is C23H26N4O3. The zero-order valence-corrected chi connectivity index (χ0v) is 17.2. The number of likely N-dealkylation sites (N-methyl/N-ethyl adjacent to an activating group) is 1. The van der Waals surface area contributed by atoms with Gasteiger partial charge in [-0.15, -0.1) is 0 Å². The van der Waals surface area contributed by atoms with E-state index in [9.17, 15) is 9.90 Å². The van der Waals surface area contributed by atoms with Gasteiger partial charge in [-0.2, -0.15) is 0 Å². The second-order valence-corrected chi connectivity index (χ2v) is 7.72. The molecule has 0 spiro atoms. The van der Waals surface area contributed by atoms with Crippen molar-refractivity contribution in [1.82, 2.24) is 14.5 Å². The lowest BCUT2D eigenvalue weighted by atomic mass is 10.2. The Balaban J connectivity index is 1.45. The van der Waals surface area contributed by atoms with Crippen LogP contribution in [0, 0.1) is 0 Å². The van der Waals surface area contributed by atoms with Crippen LogP contribution in [0.25, 0.3) is 5.69 Å². The molecule has 4 rings (SSSR count). The van der Waals surface area contributed by atoms with Gasteiger partial charge in [-0.25, -0.2) is 4.98 Å². The highest BCUT2D eigenvalue weighted by atomic mass is 16.5. The number of benzene rings is 1. The molecule has 2 atom stereocenters. The van der Waals surface area contributed by atoms with Crippen molar-refractivity contribution in [1.29, 1.82) is 0 Å². The van der Waals surface area contributed by atoms with Gasteiger partial charge in [-0.3, -0.25) is 9.36 Å². The Morgan fingerprint density at radius 3 is 2.57 bits per heavy atom. The summed E-state index contributed by atoms with van der Waals surface area (Å²) in [4.78, 5) is 21.2. The van der Waals surface area contributed by atoms with Gasteiger partial charge in [0.1, 0.15) is 18.2 Å². The Morgan fingerprint density at radius 1 is 1.13 bits per heavy atom. The zero-order valence-electron chi connectivity index (χ0n) is 17.2. The maximum absolute atomic E-state index is 12.6. The van der Waals surface area contributed by atoms with Crippen LogP contribution in [-0.2, 0) is 6.61 Å². The highest BCUT2D eigenvalue weighted by molar-refractivity contribution is 5.45. The quantitative estimate of drug-likeness (QED) is 0.675. The van der Waals surface area contributed by atoms with Gasteiger partial charge in [0.2, 0.25) is 0 Å². The second-order valence-electron chi connectivity index (χ2n) is 7.72. The summed E-state index contributed by atoms with van der Waals surface area (Å²) < 4.78 is 7.26. The van der Waals surface area contributed by atoms with E-state index in [4.69, 9.17) is 4.74 Å². The minimum atomic E-state index is -0.410. The maximum atomic E-state index is 12.6. The standard InChI is InChI=1S/C23H26N4O3/c1-25(2)20-14-26(15-21(20)28)22-9-8-18(13-24-22)27-11-10-19(12-23(27)29)30-16-17-6-4-3-5-7-17/h3-13,20-21,28H,14-16H2,1-2H3/t20-,21-/m0/s1. The number of aliphatic hydroxyl groups excluding tert-OH is 1. The van der Waals surface area contributed by atoms with Crippen molar-refractivity contribution in [3.05, 3.63) is 82.9 Å². The summed E-state index contributed by atoms with van der Waals surface area (Å²) in [6.45, 7) is 1.67. The highest BCUT2D eigenvalue weighted by Crippen LogP contribution is 2.21. The van der Waals surface area contributed by atoms with Gasteiger partial charge in [-0.05, 0) is 37.9 Å². The van der Waals surface area contributed by atoms with Crippen LogP contribution in [0.1, 0.15) is 5.56 Å². The molecule has 1 fully saturated rings. The molecule has 0 unspecified atom stereocenters. The molecule has 0 saturated carbocycles. The van der Waals surface area contributed by atoms with Crippen LogP contribution in [0.3, 0.4) is 0 Å². The summed E-state index contributed by atoms with van der Waals surface area (Å²) >= 11 is 0. The lowest BCUT2D eigenvalue weighted by Gasteiger charge is -2.21. The third-order valence-corrected chi connectivity index (χ3v) is 5.40. The highest BCUT2D eigenvalue weighted by Gasteiger charge is 2.33. The van der Waals surface area contributed by atoms with Gasteiger partial charge >= 0.3 is 0 Å². The summed E-state index contributed by atoms with van der Waals surface area (Å²) in [5.41, 5.74) is 1.55. The Bertz CT molecular complexity index is 1030. The fourth-order valence-corrected chi connectivity index (χ4v) is 3.68. The SMILES string of the molecule is CN(C)[C@H]1CN(c2ccc(-n3ccc(OCc4ccccc4)cc3=O)cn2)C[C@@H]1O. The average Bonchev–Trinajstić information content (AvgIpc) is 3.15. The Hall–Kier alpha value is -3.16. The first-order valence-electron chi connectivity index (χ1n) is 9.96. The molecule has 2 aromatic heterocycles. The summed E-state index contributed by atoms with van der Waals surface area (Å²) in [5.74, 6) is 1.32. The molecule has 0 amide bonds. The number of aromatic nitrogens is 2. The van der Waals surface area contributed by atoms with Gasteiger partial charge in [0.25, 0.3) is 5.56 Å². The fraction of sp³-hybridized carbons (Fsp3) is 0.304. The zero-order chi connectivity index (χ0) is 21.1. The summed E-state index contributed by atoms with van der Waals surface area (Å²) in [5, 5.41) is 10.2. The number of pyridine rings is 2. The predicted octanol–water partition coefficient (Wildman–Crippen LogP) is 1.92. The Labute approximate surface area is 175 Å². The molecule has 0 aliphatic carbocycles. The number of nitrogens with zero attached hydrogens (tertiary/aromatic N) is 4. The molecule has 156 valence electrons. The smallest absolute Gasteiger partial charge is 0.258 e. The van der Waals surface area contributed by atoms with E-state index in [2.05, 4.69) is 9.88 Å². The van der Waals surface area contributed by atoms with Crippen LogP contribution < -0.4 is 15.2 Å². The molecule has 1 aliphatic rings. The fourth-order valence-electron chi connectivity index (χ4n) is 3.68. The maximum Gasteiger partial charge on any atom is 0.258 e. The molecule has 1 N–H and O–H groups in total. The molecule has 7 nitrogen and oxygen atoms in total. The molecule has 3 aromatic rings. The summed E-state index contributed by atoms with van der Waals surface area (Å²) in [6, 6.07) is 16.9. The summed E-state index contributed by atoms with van der Waals surface area (Å²) in [7, 11) is 3.93. The number of hydrogen-bond donors (Lipinski definition) is 1. The van der Waals surface area contributed by atoms with E-state index in [1.54, 1.807) is 18.5 Å². The minimum Gasteiger partial charge on any atom is -0.489 e. The number of rotatable bonds is 6. The van der Waals surface area contributed by atoms with Crippen molar-refractivity contribution in [3.8, 4) is 11.4 Å². The lowest BCUT2D eigenvalue weighted by Crippen LogP contribution is -2.38. The largest absolute Gasteiger partial charge is 0.489 e. The molecule has 3 heterocycles. The van der Waals surface area contributed by atoms with Gasteiger partial charge in [-0.1, -0.05) is 30.3 Å². The van der Waals surface area contributed by atoms with Crippen LogP contribution >= 0.6 is 0 Å². The van der Waals surface area contributed by atoms with Crippen LogP contribution in [0.5, 0.6) is 5.75 Å². The Morgan fingerprint density at radius 2 is 1.93 bits per heavy atom. The first kappa shape index (κ1) is 20.1. The molecule has 0 bridgehead atoms. The third kappa shape index (κ3) is 4.37. The topological polar surface area (TPSA) is 70.8 Å². The molecule has 0 radical (unpaired) electrons. The first-order valence-corrected chi connectivity index (χ1v) is 9.96. The summed E-state index contributed by atoms with van der Waals surface area (Å²) in [6.07, 6.45) is 2.96. The van der Waals surface area contributed by atoms with Crippen LogP contribution in [0.4, 0.5) is 5.82 Å². The van der Waals surface area contributed by atoms with E-state index in [1.165, 1.54) is 10.6 Å². The predicted molar refractivity (Wildman–Crippen MR) is 116 cm³/mol.